The molecule has 2 amide bonds. The molecule has 0 atom stereocenters. The van der Waals surface area contributed by atoms with Crippen molar-refractivity contribution < 1.29 is 9.59 Å². The lowest BCUT2D eigenvalue weighted by molar-refractivity contribution is -0.120. The fourth-order valence-corrected chi connectivity index (χ4v) is 2.23. The Balaban J connectivity index is 1.94. The van der Waals surface area contributed by atoms with Crippen molar-refractivity contribution in [2.24, 2.45) is 0 Å². The average molecular weight is 342 g/mol. The van der Waals surface area contributed by atoms with Gasteiger partial charge in [0.2, 0.25) is 11.8 Å². The topological polar surface area (TPSA) is 82.0 Å². The molecule has 2 N–H and O–H groups in total. The van der Waals surface area contributed by atoms with E-state index in [9.17, 15) is 9.59 Å². The van der Waals surface area contributed by atoms with Crippen LogP contribution in [0.25, 0.3) is 0 Å². The number of hydrogen-bond donors (Lipinski definition) is 2. The van der Waals surface area contributed by atoms with Gasteiger partial charge in [-0.3, -0.25) is 9.59 Å². The van der Waals surface area contributed by atoms with Gasteiger partial charge in [-0.05, 0) is 29.3 Å². The summed E-state index contributed by atoms with van der Waals surface area (Å²) in [5.74, 6) is -0.507. The molecular weight excluding hydrogens is 326 g/mol. The standard InChI is InChI=1S/C18H16ClN3O2/c19-15-7-5-13(6-8-15)11-18(24)21-12-14-3-1-2-4-16(14)22-17(23)9-10-20/h1-8H,9,11-12H2,(H,21,24)(H,22,23). The quantitative estimate of drug-likeness (QED) is 0.847. The molecule has 0 heterocycles. The molecular formula is C18H16ClN3O2. The second-order valence-electron chi connectivity index (χ2n) is 5.12. The van der Waals surface area contributed by atoms with Gasteiger partial charge in [0, 0.05) is 17.3 Å². The highest BCUT2D eigenvalue weighted by Crippen LogP contribution is 2.15. The summed E-state index contributed by atoms with van der Waals surface area (Å²) in [6, 6.07) is 16.0. The number of nitrogens with one attached hydrogen (secondary N) is 2. The Hall–Kier alpha value is -2.84. The van der Waals surface area contributed by atoms with E-state index in [1.54, 1.807) is 42.5 Å². The summed E-state index contributed by atoms with van der Waals surface area (Å²) < 4.78 is 0. The summed E-state index contributed by atoms with van der Waals surface area (Å²) >= 11 is 5.82. The van der Waals surface area contributed by atoms with Crippen LogP contribution in [0.5, 0.6) is 0 Å². The van der Waals surface area contributed by atoms with E-state index in [-0.39, 0.29) is 31.2 Å². The first-order chi connectivity index (χ1) is 11.6. The number of para-hydroxylation sites is 1. The van der Waals surface area contributed by atoms with Crippen LogP contribution in [-0.2, 0) is 22.6 Å². The second kappa shape index (κ2) is 8.70. The van der Waals surface area contributed by atoms with Crippen molar-refractivity contribution in [2.45, 2.75) is 19.4 Å². The summed E-state index contributed by atoms with van der Waals surface area (Å²) in [7, 11) is 0. The molecule has 0 aliphatic carbocycles. The van der Waals surface area contributed by atoms with Gasteiger partial charge in [-0.1, -0.05) is 41.9 Å². The largest absolute Gasteiger partial charge is 0.352 e. The minimum Gasteiger partial charge on any atom is -0.352 e. The van der Waals surface area contributed by atoms with Crippen molar-refractivity contribution in [3.8, 4) is 6.07 Å². The minimum absolute atomic E-state index is 0.129. The molecule has 0 bridgehead atoms. The number of carbonyl (C=O) groups is 2. The van der Waals surface area contributed by atoms with Crippen molar-refractivity contribution in [1.29, 1.82) is 5.26 Å². The zero-order valence-corrected chi connectivity index (χ0v) is 13.6. The highest BCUT2D eigenvalue weighted by molar-refractivity contribution is 6.30. The number of benzene rings is 2. The van der Waals surface area contributed by atoms with E-state index >= 15 is 0 Å². The first kappa shape index (κ1) is 17.5. The van der Waals surface area contributed by atoms with Crippen LogP contribution in [0.4, 0.5) is 5.69 Å². The van der Waals surface area contributed by atoms with Gasteiger partial charge in [0.05, 0.1) is 12.5 Å². The normalized spacial score (nSPS) is 9.83. The van der Waals surface area contributed by atoms with Crippen LogP contribution in [0.3, 0.4) is 0 Å². The van der Waals surface area contributed by atoms with Gasteiger partial charge in [0.15, 0.2) is 0 Å². The van der Waals surface area contributed by atoms with E-state index in [0.717, 1.165) is 11.1 Å². The zero-order valence-electron chi connectivity index (χ0n) is 12.9. The number of amides is 2. The molecule has 0 aliphatic rings. The first-order valence-corrected chi connectivity index (χ1v) is 7.72. The predicted octanol–water partition coefficient (Wildman–Crippen LogP) is 3.05. The highest BCUT2D eigenvalue weighted by Gasteiger charge is 2.08. The molecule has 2 rings (SSSR count). The molecule has 5 nitrogen and oxygen atoms in total. The molecule has 0 radical (unpaired) electrons. The molecule has 0 fully saturated rings. The summed E-state index contributed by atoms with van der Waals surface area (Å²) in [6.07, 6.45) is 0.0391. The third-order valence-electron chi connectivity index (χ3n) is 3.29. The van der Waals surface area contributed by atoms with Crippen molar-refractivity contribution in [1.82, 2.24) is 5.32 Å². The maximum Gasteiger partial charge on any atom is 0.238 e. The van der Waals surface area contributed by atoms with Gasteiger partial charge in [0.1, 0.15) is 6.42 Å². The lowest BCUT2D eigenvalue weighted by Gasteiger charge is -2.11. The van der Waals surface area contributed by atoms with E-state index in [4.69, 9.17) is 16.9 Å². The summed E-state index contributed by atoms with van der Waals surface area (Å²) in [5.41, 5.74) is 2.23. The third kappa shape index (κ3) is 5.41. The average Bonchev–Trinajstić information content (AvgIpc) is 2.56. The van der Waals surface area contributed by atoms with E-state index < -0.39 is 0 Å². The smallest absolute Gasteiger partial charge is 0.238 e. The first-order valence-electron chi connectivity index (χ1n) is 7.34. The number of carbonyl (C=O) groups excluding carboxylic acids is 2. The van der Waals surface area contributed by atoms with E-state index in [0.29, 0.717) is 10.7 Å². The molecule has 24 heavy (non-hydrogen) atoms. The van der Waals surface area contributed by atoms with E-state index in [1.807, 2.05) is 12.1 Å². The van der Waals surface area contributed by atoms with Crippen LogP contribution >= 0.6 is 11.6 Å². The van der Waals surface area contributed by atoms with Gasteiger partial charge in [-0.25, -0.2) is 0 Å². The Labute approximate surface area is 145 Å². The third-order valence-corrected chi connectivity index (χ3v) is 3.54. The number of halogens is 1. The number of nitriles is 1. The van der Waals surface area contributed by atoms with E-state index in [2.05, 4.69) is 10.6 Å². The van der Waals surface area contributed by atoms with Gasteiger partial charge in [0.25, 0.3) is 0 Å². The molecule has 0 aromatic heterocycles. The zero-order chi connectivity index (χ0) is 17.4. The Bertz CT molecular complexity index is 767. The number of anilines is 1. The monoisotopic (exact) mass is 341 g/mol. The van der Waals surface area contributed by atoms with Crippen LogP contribution < -0.4 is 10.6 Å². The van der Waals surface area contributed by atoms with Gasteiger partial charge in [-0.2, -0.15) is 5.26 Å². The molecule has 2 aromatic rings. The van der Waals surface area contributed by atoms with Crippen LogP contribution in [0.15, 0.2) is 48.5 Å². The van der Waals surface area contributed by atoms with Gasteiger partial charge < -0.3 is 10.6 Å². The fraction of sp³-hybridized carbons (Fsp3) is 0.167. The molecule has 2 aromatic carbocycles. The van der Waals surface area contributed by atoms with Crippen molar-refractivity contribution in [2.75, 3.05) is 5.32 Å². The molecule has 122 valence electrons. The number of hydrogen-bond acceptors (Lipinski definition) is 3. The maximum atomic E-state index is 12.0. The molecule has 0 unspecified atom stereocenters. The van der Waals surface area contributed by atoms with Crippen molar-refractivity contribution in [3.05, 3.63) is 64.7 Å². The molecule has 0 saturated carbocycles. The Morgan fingerprint density at radius 3 is 2.46 bits per heavy atom. The summed E-state index contributed by atoms with van der Waals surface area (Å²) in [4.78, 5) is 23.6. The molecule has 0 aliphatic heterocycles. The van der Waals surface area contributed by atoms with Crippen LogP contribution in [0.2, 0.25) is 5.02 Å². The Morgan fingerprint density at radius 1 is 1.04 bits per heavy atom. The van der Waals surface area contributed by atoms with Gasteiger partial charge in [-0.15, -0.1) is 0 Å². The molecule has 0 saturated heterocycles. The molecule has 0 spiro atoms. The van der Waals surface area contributed by atoms with Crippen LogP contribution in [0.1, 0.15) is 17.5 Å². The van der Waals surface area contributed by atoms with Crippen molar-refractivity contribution in [3.63, 3.8) is 0 Å². The highest BCUT2D eigenvalue weighted by atomic mass is 35.5. The van der Waals surface area contributed by atoms with Crippen molar-refractivity contribution >= 4 is 29.1 Å². The predicted molar refractivity (Wildman–Crippen MR) is 92.3 cm³/mol. The van der Waals surface area contributed by atoms with Crippen LogP contribution in [-0.4, -0.2) is 11.8 Å². The van der Waals surface area contributed by atoms with Crippen LogP contribution in [0, 0.1) is 11.3 Å². The lowest BCUT2D eigenvalue weighted by atomic mass is 10.1. The van der Waals surface area contributed by atoms with E-state index in [1.165, 1.54) is 0 Å². The minimum atomic E-state index is -0.377. The Morgan fingerprint density at radius 2 is 1.75 bits per heavy atom. The SMILES string of the molecule is N#CCC(=O)Nc1ccccc1CNC(=O)Cc1ccc(Cl)cc1. The molecule has 6 heteroatoms. The fourth-order valence-electron chi connectivity index (χ4n) is 2.11. The second-order valence-corrected chi connectivity index (χ2v) is 5.56. The number of rotatable bonds is 6. The maximum absolute atomic E-state index is 12.0. The summed E-state index contributed by atoms with van der Waals surface area (Å²) in [5, 5.41) is 14.7. The Kier molecular flexibility index (Phi) is 6.35. The summed E-state index contributed by atoms with van der Waals surface area (Å²) in [6.45, 7) is 0.287. The number of nitrogens with zero attached hydrogens (tertiary/aromatic N) is 1. The lowest BCUT2D eigenvalue weighted by Crippen LogP contribution is -2.25. The van der Waals surface area contributed by atoms with Gasteiger partial charge >= 0.3 is 0 Å².